The molecule has 0 bridgehead atoms. The molecule has 0 aliphatic carbocycles. The molecule has 0 aromatic heterocycles. The van der Waals surface area contributed by atoms with Crippen LogP contribution in [-0.4, -0.2) is 38.3 Å². The first-order valence-corrected chi connectivity index (χ1v) is 12.2. The highest BCUT2D eigenvalue weighted by atomic mass is 32.2. The first-order valence-electron chi connectivity index (χ1n) is 10.8. The SMILES string of the molecule is CCO[C@@]1(C(F)(F)F)OC/C(=C/c2ccccc2)[C@]1(C#CC(C)(C)C)S(=O)(=O)c1ccccc1. The van der Waals surface area contributed by atoms with Gasteiger partial charge in [-0.1, -0.05) is 66.4 Å². The Morgan fingerprint density at radius 1 is 1.03 bits per heavy atom. The minimum atomic E-state index is -5.22. The van der Waals surface area contributed by atoms with Crippen molar-refractivity contribution in [3.63, 3.8) is 0 Å². The number of halogens is 3. The zero-order valence-corrected chi connectivity index (χ0v) is 20.3. The molecule has 0 amide bonds. The van der Waals surface area contributed by atoms with Crippen LogP contribution >= 0.6 is 0 Å². The first kappa shape index (κ1) is 26.0. The van der Waals surface area contributed by atoms with Crippen LogP contribution < -0.4 is 0 Å². The van der Waals surface area contributed by atoms with Crippen LogP contribution in [0.25, 0.3) is 6.08 Å². The molecule has 2 atom stereocenters. The first-order chi connectivity index (χ1) is 15.8. The van der Waals surface area contributed by atoms with Crippen LogP contribution in [0, 0.1) is 17.3 Å². The summed E-state index contributed by atoms with van der Waals surface area (Å²) in [5.74, 6) is 1.78. The van der Waals surface area contributed by atoms with Crippen LogP contribution in [0.2, 0.25) is 0 Å². The van der Waals surface area contributed by atoms with Gasteiger partial charge in [-0.05, 0) is 51.0 Å². The van der Waals surface area contributed by atoms with Crippen molar-refractivity contribution in [2.24, 2.45) is 5.41 Å². The molecule has 3 rings (SSSR count). The van der Waals surface area contributed by atoms with Crippen molar-refractivity contribution in [1.82, 2.24) is 0 Å². The topological polar surface area (TPSA) is 52.6 Å². The average molecular weight is 493 g/mol. The third kappa shape index (κ3) is 4.40. The van der Waals surface area contributed by atoms with E-state index < -0.39 is 45.2 Å². The third-order valence-electron chi connectivity index (χ3n) is 5.28. The Morgan fingerprint density at radius 3 is 2.09 bits per heavy atom. The van der Waals surface area contributed by atoms with Gasteiger partial charge < -0.3 is 9.47 Å². The van der Waals surface area contributed by atoms with Crippen LogP contribution in [0.3, 0.4) is 0 Å². The molecule has 1 heterocycles. The maximum atomic E-state index is 14.9. The van der Waals surface area contributed by atoms with Gasteiger partial charge in [-0.3, -0.25) is 0 Å². The smallest absolute Gasteiger partial charge is 0.341 e. The molecule has 0 spiro atoms. The predicted octanol–water partition coefficient (Wildman–Crippen LogP) is 5.66. The van der Waals surface area contributed by atoms with Gasteiger partial charge in [0.15, 0.2) is 0 Å². The van der Waals surface area contributed by atoms with Gasteiger partial charge in [0.2, 0.25) is 14.6 Å². The molecule has 1 fully saturated rings. The molecule has 34 heavy (non-hydrogen) atoms. The lowest BCUT2D eigenvalue weighted by molar-refractivity contribution is -0.369. The number of benzene rings is 2. The number of sulfone groups is 1. The molecule has 0 radical (unpaired) electrons. The molecule has 0 saturated carbocycles. The van der Waals surface area contributed by atoms with Crippen LogP contribution in [0.1, 0.15) is 33.3 Å². The molecule has 0 N–H and O–H groups in total. The molecule has 182 valence electrons. The Morgan fingerprint density at radius 2 is 1.59 bits per heavy atom. The number of rotatable bonds is 5. The average Bonchev–Trinajstić information content (AvgIpc) is 3.09. The molecule has 2 aromatic rings. The summed E-state index contributed by atoms with van der Waals surface area (Å²) in [5, 5.41) is 0. The molecular formula is C26H27F3O4S. The number of hydrogen-bond donors (Lipinski definition) is 0. The molecule has 4 nitrogen and oxygen atoms in total. The van der Waals surface area contributed by atoms with E-state index in [1.807, 2.05) is 0 Å². The van der Waals surface area contributed by atoms with E-state index in [9.17, 15) is 21.6 Å². The molecule has 0 unspecified atom stereocenters. The van der Waals surface area contributed by atoms with Crippen molar-refractivity contribution in [3.05, 3.63) is 71.8 Å². The molecule has 1 saturated heterocycles. The van der Waals surface area contributed by atoms with Crippen molar-refractivity contribution < 1.29 is 31.1 Å². The Balaban J connectivity index is 2.52. The maximum Gasteiger partial charge on any atom is 0.446 e. The summed E-state index contributed by atoms with van der Waals surface area (Å²) in [6.45, 7) is 5.35. The van der Waals surface area contributed by atoms with Gasteiger partial charge in [0, 0.05) is 12.0 Å². The second-order valence-corrected chi connectivity index (χ2v) is 11.0. The van der Waals surface area contributed by atoms with Crippen LogP contribution in [0.5, 0.6) is 0 Å². The van der Waals surface area contributed by atoms with Crippen LogP contribution in [-0.2, 0) is 19.3 Å². The fraction of sp³-hybridized carbons (Fsp3) is 0.385. The van der Waals surface area contributed by atoms with Crippen LogP contribution in [0.15, 0.2) is 71.1 Å². The number of alkyl halides is 3. The summed E-state index contributed by atoms with van der Waals surface area (Å²) in [6.07, 6.45) is -3.83. The van der Waals surface area contributed by atoms with Gasteiger partial charge in [-0.15, -0.1) is 0 Å². The molecule has 1 aliphatic rings. The second-order valence-electron chi connectivity index (χ2n) is 8.91. The van der Waals surface area contributed by atoms with E-state index in [0.717, 1.165) is 0 Å². The summed E-state index contributed by atoms with van der Waals surface area (Å²) >= 11 is 0. The molecule has 2 aromatic carbocycles. The number of hydrogen-bond acceptors (Lipinski definition) is 4. The molecule has 1 aliphatic heterocycles. The quantitative estimate of drug-likeness (QED) is 0.506. The number of ether oxygens (including phenoxy) is 2. The summed E-state index contributed by atoms with van der Waals surface area (Å²) in [6, 6.07) is 15.5. The van der Waals surface area contributed by atoms with Gasteiger partial charge in [0.1, 0.15) is 0 Å². The van der Waals surface area contributed by atoms with Crippen molar-refractivity contribution in [3.8, 4) is 11.8 Å². The summed E-state index contributed by atoms with van der Waals surface area (Å²) in [4.78, 5) is -0.309. The van der Waals surface area contributed by atoms with Gasteiger partial charge in [0.05, 0.1) is 11.5 Å². The minimum absolute atomic E-state index is 0.148. The van der Waals surface area contributed by atoms with Crippen molar-refractivity contribution >= 4 is 15.9 Å². The zero-order chi connectivity index (χ0) is 25.3. The lowest BCUT2D eigenvalue weighted by Gasteiger charge is -2.41. The largest absolute Gasteiger partial charge is 0.446 e. The standard InChI is InChI=1S/C26H27F3O4S/c1-5-32-25(26(27,28)29)24(17-16-23(2,3)4,34(30,31)22-14-10-7-11-15-22)21(19-33-25)18-20-12-8-6-9-13-20/h6-15,18H,5,19H2,1-4H3/b21-18-/t24-,25+/m0/s1. The fourth-order valence-corrected chi connectivity index (χ4v) is 5.93. The molecular weight excluding hydrogens is 465 g/mol. The summed E-state index contributed by atoms with van der Waals surface area (Å²) < 4.78 is 80.7. The molecule has 8 heteroatoms. The van der Waals surface area contributed by atoms with Crippen molar-refractivity contribution in [2.75, 3.05) is 13.2 Å². The van der Waals surface area contributed by atoms with Gasteiger partial charge in [0.25, 0.3) is 0 Å². The van der Waals surface area contributed by atoms with E-state index in [4.69, 9.17) is 9.47 Å². The van der Waals surface area contributed by atoms with E-state index in [0.29, 0.717) is 5.56 Å². The lowest BCUT2D eigenvalue weighted by atomic mass is 9.88. The maximum absolute atomic E-state index is 14.9. The van der Waals surface area contributed by atoms with Gasteiger partial charge in [-0.25, -0.2) is 8.42 Å². The van der Waals surface area contributed by atoms with E-state index in [1.54, 1.807) is 57.2 Å². The normalized spacial score (nSPS) is 24.6. The Bertz CT molecular complexity index is 1200. The van der Waals surface area contributed by atoms with Crippen molar-refractivity contribution in [1.29, 1.82) is 0 Å². The van der Waals surface area contributed by atoms with E-state index in [-0.39, 0.29) is 10.5 Å². The minimum Gasteiger partial charge on any atom is -0.341 e. The monoisotopic (exact) mass is 492 g/mol. The zero-order valence-electron chi connectivity index (χ0n) is 19.4. The lowest BCUT2D eigenvalue weighted by Crippen LogP contribution is -2.65. The van der Waals surface area contributed by atoms with Crippen LogP contribution in [0.4, 0.5) is 13.2 Å². The Kier molecular flexibility index (Phi) is 7.05. The summed E-state index contributed by atoms with van der Waals surface area (Å²) in [7, 11) is -4.82. The third-order valence-corrected chi connectivity index (χ3v) is 7.61. The van der Waals surface area contributed by atoms with Gasteiger partial charge in [-0.2, -0.15) is 13.2 Å². The Hall–Kier alpha value is -2.60. The van der Waals surface area contributed by atoms with Crippen molar-refractivity contribution in [2.45, 2.75) is 49.3 Å². The Labute approximate surface area is 198 Å². The summed E-state index contributed by atoms with van der Waals surface area (Å²) in [5.41, 5.74) is -0.436. The van der Waals surface area contributed by atoms with E-state index in [1.165, 1.54) is 37.3 Å². The van der Waals surface area contributed by atoms with E-state index >= 15 is 0 Å². The highest BCUT2D eigenvalue weighted by molar-refractivity contribution is 7.93. The fourth-order valence-electron chi connectivity index (χ4n) is 3.83. The van der Waals surface area contributed by atoms with Gasteiger partial charge >= 0.3 is 12.0 Å². The second kappa shape index (κ2) is 9.21. The predicted molar refractivity (Wildman–Crippen MR) is 124 cm³/mol. The highest BCUT2D eigenvalue weighted by Gasteiger charge is 2.79. The van der Waals surface area contributed by atoms with E-state index in [2.05, 4.69) is 11.8 Å². The highest BCUT2D eigenvalue weighted by Crippen LogP contribution is 2.56.